The van der Waals surface area contributed by atoms with Crippen LogP contribution in [0.5, 0.6) is 0 Å². The molecule has 1 aromatic heterocycles. The summed E-state index contributed by atoms with van der Waals surface area (Å²) in [5, 5.41) is 2.18. The van der Waals surface area contributed by atoms with Gasteiger partial charge in [0.05, 0.1) is 5.69 Å². The first-order valence-electron chi connectivity index (χ1n) is 19.3. The molecule has 0 unspecified atom stereocenters. The fraction of sp³-hybridized carbons (Fsp3) is 0. The Bertz CT molecular complexity index is 2910. The Morgan fingerprint density at radius 3 is 1.18 bits per heavy atom. The largest absolute Gasteiger partial charge is 0.454 e. The van der Waals surface area contributed by atoms with E-state index in [2.05, 4.69) is 234 Å². The van der Waals surface area contributed by atoms with Crippen LogP contribution in [0.3, 0.4) is 0 Å². The van der Waals surface area contributed by atoms with Gasteiger partial charge in [-0.1, -0.05) is 158 Å². The Morgan fingerprint density at radius 2 is 0.649 bits per heavy atom. The molecule has 10 rings (SSSR count). The first-order chi connectivity index (χ1) is 28.3. The molecule has 270 valence electrons. The molecule has 0 radical (unpaired) electrons. The molecule has 0 N–H and O–H groups in total. The van der Waals surface area contributed by atoms with Crippen LogP contribution in [-0.4, -0.2) is 0 Å². The van der Waals surface area contributed by atoms with E-state index in [1.807, 2.05) is 6.07 Å². The van der Waals surface area contributed by atoms with Crippen molar-refractivity contribution in [2.45, 2.75) is 0 Å². The van der Waals surface area contributed by atoms with Crippen molar-refractivity contribution in [2.75, 3.05) is 9.80 Å². The molecule has 0 aliphatic carbocycles. The molecule has 3 nitrogen and oxygen atoms in total. The fourth-order valence-electron chi connectivity index (χ4n) is 7.90. The molecule has 0 saturated carbocycles. The molecule has 9 aromatic carbocycles. The third-order valence-electron chi connectivity index (χ3n) is 10.7. The molecule has 3 heteroatoms. The van der Waals surface area contributed by atoms with Gasteiger partial charge in [-0.15, -0.1) is 0 Å². The van der Waals surface area contributed by atoms with Crippen molar-refractivity contribution in [3.8, 4) is 33.4 Å². The molecule has 0 spiro atoms. The van der Waals surface area contributed by atoms with Crippen LogP contribution in [0.15, 0.2) is 235 Å². The van der Waals surface area contributed by atoms with Crippen LogP contribution in [0, 0.1) is 0 Å². The molecular formula is C54H38N2O. The monoisotopic (exact) mass is 730 g/mol. The van der Waals surface area contributed by atoms with Crippen molar-refractivity contribution in [3.05, 3.63) is 231 Å². The Kier molecular flexibility index (Phi) is 8.86. The summed E-state index contributed by atoms with van der Waals surface area (Å²) < 4.78 is 6.83. The second-order valence-electron chi connectivity index (χ2n) is 14.2. The molecule has 0 aliphatic rings. The summed E-state index contributed by atoms with van der Waals surface area (Å²) in [4.78, 5) is 4.65. The van der Waals surface area contributed by atoms with Gasteiger partial charge in [0, 0.05) is 44.8 Å². The Hall–Kier alpha value is -7.62. The van der Waals surface area contributed by atoms with E-state index in [9.17, 15) is 0 Å². The van der Waals surface area contributed by atoms with Crippen molar-refractivity contribution in [3.63, 3.8) is 0 Å². The third kappa shape index (κ3) is 6.52. The van der Waals surface area contributed by atoms with E-state index in [0.29, 0.717) is 0 Å². The van der Waals surface area contributed by atoms with E-state index in [1.54, 1.807) is 0 Å². The van der Waals surface area contributed by atoms with Gasteiger partial charge in [0.2, 0.25) is 0 Å². The molecule has 0 atom stereocenters. The van der Waals surface area contributed by atoms with Crippen LogP contribution >= 0.6 is 0 Å². The van der Waals surface area contributed by atoms with Crippen molar-refractivity contribution in [1.82, 2.24) is 0 Å². The number of benzene rings is 9. The lowest BCUT2D eigenvalue weighted by Gasteiger charge is -2.28. The Balaban J connectivity index is 1.12. The quantitative estimate of drug-likeness (QED) is 0.147. The van der Waals surface area contributed by atoms with E-state index >= 15 is 0 Å². The van der Waals surface area contributed by atoms with Crippen molar-refractivity contribution in [2.24, 2.45) is 0 Å². The molecule has 0 fully saturated rings. The normalized spacial score (nSPS) is 11.2. The second kappa shape index (κ2) is 14.9. The van der Waals surface area contributed by atoms with Gasteiger partial charge in [-0.05, 0) is 101 Å². The maximum Gasteiger partial charge on any atom is 0.160 e. The topological polar surface area (TPSA) is 19.6 Å². The summed E-state index contributed by atoms with van der Waals surface area (Å²) in [5.41, 5.74) is 15.0. The molecule has 1 heterocycles. The highest BCUT2D eigenvalue weighted by atomic mass is 16.3. The van der Waals surface area contributed by atoms with Gasteiger partial charge in [-0.3, -0.25) is 0 Å². The zero-order valence-electron chi connectivity index (χ0n) is 31.2. The van der Waals surface area contributed by atoms with Gasteiger partial charge in [-0.25, -0.2) is 0 Å². The number of anilines is 6. The zero-order chi connectivity index (χ0) is 38.0. The highest BCUT2D eigenvalue weighted by Gasteiger charge is 2.24. The first-order valence-corrected chi connectivity index (χ1v) is 19.3. The van der Waals surface area contributed by atoms with E-state index in [-0.39, 0.29) is 0 Å². The lowest BCUT2D eigenvalue weighted by Crippen LogP contribution is -2.12. The van der Waals surface area contributed by atoms with Gasteiger partial charge in [0.25, 0.3) is 0 Å². The van der Waals surface area contributed by atoms with Crippen molar-refractivity contribution < 1.29 is 4.42 Å². The number of rotatable bonds is 9. The SMILES string of the molecule is c1ccc(-c2ccc(N(c3ccccc3)c3ccc(-c4ccc5c(oc6ccccc65)c4N(c4ccccc4)c4ccc(-c5ccccc5)cc4)cc3)cc2)cc1. The number of furan rings is 1. The fourth-order valence-corrected chi connectivity index (χ4v) is 7.90. The summed E-state index contributed by atoms with van der Waals surface area (Å²) in [7, 11) is 0. The van der Waals surface area contributed by atoms with Crippen molar-refractivity contribution in [1.29, 1.82) is 0 Å². The van der Waals surface area contributed by atoms with Crippen LogP contribution in [-0.2, 0) is 0 Å². The zero-order valence-corrected chi connectivity index (χ0v) is 31.2. The summed E-state index contributed by atoms with van der Waals surface area (Å²) in [6, 6.07) is 81.6. The first kappa shape index (κ1) is 33.9. The minimum absolute atomic E-state index is 0.846. The molecule has 10 aromatic rings. The highest BCUT2D eigenvalue weighted by molar-refractivity contribution is 6.13. The number of nitrogens with zero attached hydrogens (tertiary/aromatic N) is 2. The van der Waals surface area contributed by atoms with Crippen LogP contribution in [0.2, 0.25) is 0 Å². The van der Waals surface area contributed by atoms with Crippen LogP contribution in [0.1, 0.15) is 0 Å². The maximum atomic E-state index is 6.83. The summed E-state index contributed by atoms with van der Waals surface area (Å²) >= 11 is 0. The number of fused-ring (bicyclic) bond motifs is 3. The average Bonchev–Trinajstić information content (AvgIpc) is 3.68. The van der Waals surface area contributed by atoms with Gasteiger partial charge >= 0.3 is 0 Å². The van der Waals surface area contributed by atoms with Gasteiger partial charge in [0.1, 0.15) is 5.58 Å². The summed E-state index contributed by atoms with van der Waals surface area (Å²) in [6.07, 6.45) is 0. The van der Waals surface area contributed by atoms with Gasteiger partial charge in [-0.2, -0.15) is 0 Å². The molecular weight excluding hydrogens is 693 g/mol. The smallest absolute Gasteiger partial charge is 0.160 e. The minimum atomic E-state index is 0.846. The average molecular weight is 731 g/mol. The van der Waals surface area contributed by atoms with Crippen molar-refractivity contribution >= 4 is 56.1 Å². The number of hydrogen-bond acceptors (Lipinski definition) is 3. The van der Waals surface area contributed by atoms with E-state index < -0.39 is 0 Å². The lowest BCUT2D eigenvalue weighted by molar-refractivity contribution is 0.669. The Labute approximate surface area is 333 Å². The van der Waals surface area contributed by atoms with Gasteiger partial charge < -0.3 is 14.2 Å². The van der Waals surface area contributed by atoms with E-state index in [1.165, 1.54) is 22.3 Å². The van der Waals surface area contributed by atoms with E-state index in [0.717, 1.165) is 67.2 Å². The number of para-hydroxylation sites is 3. The highest BCUT2D eigenvalue weighted by Crippen LogP contribution is 2.48. The Morgan fingerprint density at radius 1 is 0.263 bits per heavy atom. The molecule has 0 aliphatic heterocycles. The lowest BCUT2D eigenvalue weighted by atomic mass is 9.98. The van der Waals surface area contributed by atoms with E-state index in [4.69, 9.17) is 4.42 Å². The van der Waals surface area contributed by atoms with Gasteiger partial charge in [0.15, 0.2) is 5.58 Å². The maximum absolute atomic E-state index is 6.83. The third-order valence-corrected chi connectivity index (χ3v) is 10.7. The van der Waals surface area contributed by atoms with Crippen LogP contribution < -0.4 is 9.80 Å². The standard InChI is InChI=1S/C54H38N2O/c1-5-15-39(16-6-1)41-25-31-46(32-26-41)55(44-19-9-3-10-20-44)47-35-29-43(30-36-47)49-37-38-51-50-23-13-14-24-52(50)57-54(51)53(49)56(45-21-11-4-12-22-45)48-33-27-42(28-34-48)40-17-7-2-8-18-40/h1-38H. The summed E-state index contributed by atoms with van der Waals surface area (Å²) in [6.45, 7) is 0. The van der Waals surface area contributed by atoms with Crippen LogP contribution in [0.25, 0.3) is 55.3 Å². The molecule has 0 saturated heterocycles. The molecule has 0 amide bonds. The predicted molar refractivity (Wildman–Crippen MR) is 239 cm³/mol. The summed E-state index contributed by atoms with van der Waals surface area (Å²) in [5.74, 6) is 0. The molecule has 0 bridgehead atoms. The number of hydrogen-bond donors (Lipinski definition) is 0. The molecule has 57 heavy (non-hydrogen) atoms. The van der Waals surface area contributed by atoms with Crippen LogP contribution in [0.4, 0.5) is 34.1 Å². The second-order valence-corrected chi connectivity index (χ2v) is 14.2. The minimum Gasteiger partial charge on any atom is -0.454 e. The predicted octanol–water partition coefficient (Wildman–Crippen LogP) is 15.5.